The number of hydrogen-bond donors (Lipinski definition) is 1. The minimum absolute atomic E-state index is 0.0993. The molecule has 5 rings (SSSR count). The number of nitrogens with one attached hydrogen (secondary N) is 1. The van der Waals surface area contributed by atoms with Gasteiger partial charge in [-0.05, 0) is 30.0 Å². The van der Waals surface area contributed by atoms with Crippen LogP contribution in [0, 0.1) is 0 Å². The van der Waals surface area contributed by atoms with E-state index in [-0.39, 0.29) is 5.56 Å². The van der Waals surface area contributed by atoms with Crippen LogP contribution in [0.5, 0.6) is 0 Å². The van der Waals surface area contributed by atoms with Gasteiger partial charge in [0.1, 0.15) is 12.0 Å². The van der Waals surface area contributed by atoms with E-state index < -0.39 is 7.92 Å². The van der Waals surface area contributed by atoms with Gasteiger partial charge in [0.25, 0.3) is 0 Å². The fraction of sp³-hybridized carbons (Fsp3) is 0. The van der Waals surface area contributed by atoms with Crippen LogP contribution in [0.3, 0.4) is 0 Å². The van der Waals surface area contributed by atoms with Crippen molar-refractivity contribution >= 4 is 34.7 Å². The zero-order valence-electron chi connectivity index (χ0n) is 15.4. The van der Waals surface area contributed by atoms with E-state index in [4.69, 9.17) is 4.42 Å². The quantitative estimate of drug-likeness (QED) is 0.468. The summed E-state index contributed by atoms with van der Waals surface area (Å²) in [5, 5.41) is 4.50. The lowest BCUT2D eigenvalue weighted by molar-refractivity contribution is 0.558. The van der Waals surface area contributed by atoms with Crippen molar-refractivity contribution in [3.8, 4) is 11.3 Å². The minimum Gasteiger partial charge on any atom is -0.451 e. The molecule has 4 nitrogen and oxygen atoms in total. The minimum atomic E-state index is -0.935. The summed E-state index contributed by atoms with van der Waals surface area (Å²) in [4.78, 5) is 19.6. The second-order valence-electron chi connectivity index (χ2n) is 6.63. The van der Waals surface area contributed by atoms with Gasteiger partial charge in [-0.3, -0.25) is 4.79 Å². The summed E-state index contributed by atoms with van der Waals surface area (Å²) in [6.45, 7) is 0. The molecule has 3 aromatic carbocycles. The molecule has 2 aromatic heterocycles. The molecule has 0 radical (unpaired) electrons. The molecule has 0 bridgehead atoms. The van der Waals surface area contributed by atoms with Crippen LogP contribution in [0.4, 0.5) is 0 Å². The van der Waals surface area contributed by atoms with E-state index in [9.17, 15) is 4.79 Å². The number of rotatable bonds is 4. The second-order valence-corrected chi connectivity index (χ2v) is 8.78. The molecule has 5 heteroatoms. The molecule has 1 N–H and O–H groups in total. The summed E-state index contributed by atoms with van der Waals surface area (Å²) in [5.74, 6) is 0. The van der Waals surface area contributed by atoms with Gasteiger partial charge in [-0.15, -0.1) is 0 Å². The van der Waals surface area contributed by atoms with Gasteiger partial charge < -0.3 is 9.40 Å². The highest BCUT2D eigenvalue weighted by atomic mass is 31.1. The van der Waals surface area contributed by atoms with Gasteiger partial charge in [-0.2, -0.15) is 0 Å². The maximum atomic E-state index is 12.1. The highest BCUT2D eigenvalue weighted by Crippen LogP contribution is 2.38. The van der Waals surface area contributed by atoms with Crippen LogP contribution in [0.15, 0.2) is 107 Å². The predicted molar refractivity (Wildman–Crippen MR) is 119 cm³/mol. The molecule has 140 valence electrons. The molecule has 29 heavy (non-hydrogen) atoms. The highest BCUT2D eigenvalue weighted by Gasteiger charge is 2.23. The van der Waals surface area contributed by atoms with Gasteiger partial charge >= 0.3 is 0 Å². The lowest BCUT2D eigenvalue weighted by Gasteiger charge is -2.22. The van der Waals surface area contributed by atoms with Crippen molar-refractivity contribution in [1.29, 1.82) is 0 Å². The molecule has 0 spiro atoms. The van der Waals surface area contributed by atoms with Crippen LogP contribution in [-0.2, 0) is 0 Å². The van der Waals surface area contributed by atoms with Crippen molar-refractivity contribution in [2.24, 2.45) is 0 Å². The first-order chi connectivity index (χ1) is 14.3. The van der Waals surface area contributed by atoms with Crippen LogP contribution in [-0.4, -0.2) is 9.97 Å². The van der Waals surface area contributed by atoms with E-state index in [0.29, 0.717) is 0 Å². The van der Waals surface area contributed by atoms with E-state index in [1.807, 2.05) is 36.4 Å². The monoisotopic (exact) mass is 396 g/mol. The average molecular weight is 396 g/mol. The smallest absolute Gasteiger partial charge is 0.248 e. The fourth-order valence-electron chi connectivity index (χ4n) is 3.57. The Morgan fingerprint density at radius 1 is 0.793 bits per heavy atom. The Kier molecular flexibility index (Phi) is 4.55. The number of nitrogens with zero attached hydrogens (tertiary/aromatic N) is 1. The zero-order chi connectivity index (χ0) is 19.6. The number of benzene rings is 3. The zero-order valence-corrected chi connectivity index (χ0v) is 16.3. The molecule has 0 aliphatic rings. The summed E-state index contributed by atoms with van der Waals surface area (Å²) in [6, 6.07) is 28.3. The van der Waals surface area contributed by atoms with Crippen molar-refractivity contribution in [2.45, 2.75) is 0 Å². The summed E-state index contributed by atoms with van der Waals surface area (Å²) >= 11 is 0. The number of pyridine rings is 1. The van der Waals surface area contributed by atoms with Gasteiger partial charge in [0.2, 0.25) is 5.56 Å². The lowest BCUT2D eigenvalue weighted by Crippen LogP contribution is -2.24. The van der Waals surface area contributed by atoms with Gasteiger partial charge in [-0.25, -0.2) is 4.98 Å². The molecule has 1 unspecified atom stereocenters. The number of oxazole rings is 1. The van der Waals surface area contributed by atoms with Gasteiger partial charge in [0.05, 0.1) is 5.52 Å². The first-order valence-corrected chi connectivity index (χ1v) is 10.6. The molecule has 0 aliphatic heterocycles. The lowest BCUT2D eigenvalue weighted by atomic mass is 10.2. The van der Waals surface area contributed by atoms with Gasteiger partial charge in [0.15, 0.2) is 6.39 Å². The molecular weight excluding hydrogens is 379 g/mol. The van der Waals surface area contributed by atoms with Crippen LogP contribution in [0.1, 0.15) is 0 Å². The van der Waals surface area contributed by atoms with Crippen molar-refractivity contribution in [3.63, 3.8) is 0 Å². The first kappa shape index (κ1) is 17.6. The van der Waals surface area contributed by atoms with Crippen LogP contribution >= 0.6 is 7.92 Å². The van der Waals surface area contributed by atoms with Crippen molar-refractivity contribution in [3.05, 3.63) is 108 Å². The van der Waals surface area contributed by atoms with Crippen molar-refractivity contribution in [2.75, 3.05) is 0 Å². The molecule has 0 amide bonds. The Hall–Kier alpha value is -3.49. The van der Waals surface area contributed by atoms with E-state index in [0.717, 1.165) is 27.5 Å². The first-order valence-electron chi connectivity index (χ1n) is 9.26. The normalized spacial score (nSPS) is 12.1. The second kappa shape index (κ2) is 7.50. The Morgan fingerprint density at radius 2 is 1.59 bits per heavy atom. The number of para-hydroxylation sites is 1. The summed E-state index contributed by atoms with van der Waals surface area (Å²) in [5.41, 5.74) is 2.62. The molecule has 0 saturated carbocycles. The third kappa shape index (κ3) is 3.28. The molecule has 5 aromatic rings. The number of aromatic amines is 1. The van der Waals surface area contributed by atoms with Gasteiger partial charge in [-0.1, -0.05) is 72.8 Å². The van der Waals surface area contributed by atoms with Crippen molar-refractivity contribution < 1.29 is 4.42 Å². The average Bonchev–Trinajstić information content (AvgIpc) is 3.30. The number of H-pyrrole nitrogens is 1. The summed E-state index contributed by atoms with van der Waals surface area (Å²) in [6.07, 6.45) is 3.12. The molecule has 0 aliphatic carbocycles. The Morgan fingerprint density at radius 3 is 2.41 bits per heavy atom. The maximum Gasteiger partial charge on any atom is 0.248 e. The number of fused-ring (bicyclic) bond motifs is 1. The van der Waals surface area contributed by atoms with Crippen LogP contribution in [0.25, 0.3) is 22.2 Å². The number of hydrogen-bond acceptors (Lipinski definition) is 3. The van der Waals surface area contributed by atoms with Crippen molar-refractivity contribution in [1.82, 2.24) is 9.97 Å². The summed E-state index contributed by atoms with van der Waals surface area (Å²) in [7, 11) is -0.935. The SMILES string of the molecule is O=c1ccc2cccc(P(c3ccccc3)c3ccccc3-c3cocn3)c2[nH]1. The summed E-state index contributed by atoms with van der Waals surface area (Å²) < 4.78 is 5.25. The standard InChI is InChI=1S/C24H17N2O2P/c27-23-14-13-17-7-6-12-22(24(17)26-23)29(18-8-2-1-3-9-18)21-11-5-4-10-19(21)20-15-28-16-25-20/h1-16H,(H,26,27). The predicted octanol–water partition coefficient (Wildman–Crippen LogP) is 3.94. The molecule has 0 fully saturated rings. The molecule has 1 atom stereocenters. The van der Waals surface area contributed by atoms with E-state index >= 15 is 0 Å². The fourth-order valence-corrected chi connectivity index (χ4v) is 6.16. The van der Waals surface area contributed by atoms with Gasteiger partial charge in [0, 0.05) is 16.9 Å². The third-order valence-electron chi connectivity index (χ3n) is 4.85. The molecule has 0 saturated heterocycles. The van der Waals surface area contributed by atoms with E-state index in [1.54, 1.807) is 12.3 Å². The van der Waals surface area contributed by atoms with Crippen LogP contribution < -0.4 is 21.5 Å². The largest absolute Gasteiger partial charge is 0.451 e. The topological polar surface area (TPSA) is 58.9 Å². The maximum absolute atomic E-state index is 12.1. The third-order valence-corrected chi connectivity index (χ3v) is 7.39. The Bertz CT molecular complexity index is 1330. The molecule has 2 heterocycles. The number of aromatic nitrogens is 2. The highest BCUT2D eigenvalue weighted by molar-refractivity contribution is 7.80. The van der Waals surface area contributed by atoms with Crippen LogP contribution in [0.2, 0.25) is 0 Å². The van der Waals surface area contributed by atoms with E-state index in [1.165, 1.54) is 17.0 Å². The Labute approximate surface area is 168 Å². The molecular formula is C24H17N2O2P. The Balaban J connectivity index is 1.83. The van der Waals surface area contributed by atoms with E-state index in [2.05, 4.69) is 52.4 Å².